The molecule has 182 valence electrons. The summed E-state index contributed by atoms with van der Waals surface area (Å²) >= 11 is 5.91. The highest BCUT2D eigenvalue weighted by Gasteiger charge is 2.29. The summed E-state index contributed by atoms with van der Waals surface area (Å²) in [5, 5.41) is 21.7. The van der Waals surface area contributed by atoms with E-state index in [1.54, 1.807) is 30.3 Å². The van der Waals surface area contributed by atoms with Crippen LogP contribution in [0.5, 0.6) is 5.75 Å². The van der Waals surface area contributed by atoms with E-state index in [1.807, 2.05) is 12.1 Å². The van der Waals surface area contributed by atoms with Gasteiger partial charge in [-0.25, -0.2) is 22.7 Å². The van der Waals surface area contributed by atoms with Crippen LogP contribution in [0.15, 0.2) is 71.6 Å². The summed E-state index contributed by atoms with van der Waals surface area (Å²) in [6.07, 6.45) is -1.50. The van der Waals surface area contributed by atoms with Gasteiger partial charge in [-0.15, -0.1) is 0 Å². The van der Waals surface area contributed by atoms with E-state index in [-0.39, 0.29) is 23.2 Å². The number of carbonyl (C=O) groups is 2. The molecule has 0 aromatic heterocycles. The van der Waals surface area contributed by atoms with E-state index in [2.05, 4.69) is 10.0 Å². The molecule has 4 N–H and O–H groups in total. The van der Waals surface area contributed by atoms with Crippen molar-refractivity contribution in [3.63, 3.8) is 0 Å². The van der Waals surface area contributed by atoms with E-state index in [9.17, 15) is 18.0 Å². The predicted octanol–water partition coefficient (Wildman–Crippen LogP) is 3.24. The number of halogens is 1. The molecule has 0 fully saturated rings. The Labute approximate surface area is 206 Å². The third-order valence-corrected chi connectivity index (χ3v) is 7.16. The Morgan fingerprint density at radius 3 is 2.20 bits per heavy atom. The quantitative estimate of drug-likeness (QED) is 0.317. The summed E-state index contributed by atoms with van der Waals surface area (Å²) in [4.78, 5) is 22.2. The lowest BCUT2D eigenvalue weighted by Crippen LogP contribution is -2.35. The van der Waals surface area contributed by atoms with Crippen molar-refractivity contribution in [1.82, 2.24) is 4.72 Å². The molecule has 11 heteroatoms. The number of carboxylic acids is 2. The SMILES string of the molecule is O=C(O)C(Oc1ccc2c(c1)NC(CNS(=O)(=O)c1ccc(-c3ccc(Cl)cc3)cc1)C2)C(=O)O. The zero-order valence-electron chi connectivity index (χ0n) is 18.1. The van der Waals surface area contributed by atoms with Crippen molar-refractivity contribution in [2.24, 2.45) is 0 Å². The van der Waals surface area contributed by atoms with Crippen molar-refractivity contribution in [2.75, 3.05) is 11.9 Å². The van der Waals surface area contributed by atoms with Crippen LogP contribution in [0, 0.1) is 0 Å². The molecule has 0 amide bonds. The van der Waals surface area contributed by atoms with Crippen LogP contribution >= 0.6 is 11.6 Å². The lowest BCUT2D eigenvalue weighted by atomic mass is 10.1. The molecular formula is C24H21ClN2O7S. The van der Waals surface area contributed by atoms with Gasteiger partial charge in [0.1, 0.15) is 5.75 Å². The van der Waals surface area contributed by atoms with Gasteiger partial charge in [-0.2, -0.15) is 0 Å². The standard InChI is InChI=1S/C24H21ClN2O7S/c25-17-6-1-14(2-7-17)15-4-9-20(10-5-15)35(32,33)26-13-18-11-16-3-8-19(12-21(16)27-18)34-22(23(28)29)24(30)31/h1-10,12,18,22,26-27H,11,13H2,(H,28,29)(H,30,31). The Morgan fingerprint density at radius 2 is 1.60 bits per heavy atom. The van der Waals surface area contributed by atoms with Gasteiger partial charge in [0.2, 0.25) is 10.0 Å². The van der Waals surface area contributed by atoms with E-state index >= 15 is 0 Å². The maximum atomic E-state index is 12.8. The average Bonchev–Trinajstić information content (AvgIpc) is 3.24. The third-order valence-electron chi connectivity index (χ3n) is 5.47. The topological polar surface area (TPSA) is 142 Å². The summed E-state index contributed by atoms with van der Waals surface area (Å²) in [7, 11) is -3.75. The number of ether oxygens (including phenoxy) is 1. The smallest absolute Gasteiger partial charge is 0.356 e. The molecule has 35 heavy (non-hydrogen) atoms. The Bertz CT molecular complexity index is 1350. The first-order valence-corrected chi connectivity index (χ1v) is 12.4. The zero-order chi connectivity index (χ0) is 25.2. The van der Waals surface area contributed by atoms with Crippen molar-refractivity contribution >= 4 is 39.3 Å². The summed E-state index contributed by atoms with van der Waals surface area (Å²) in [5.41, 5.74) is 3.27. The first-order chi connectivity index (χ1) is 16.6. The van der Waals surface area contributed by atoms with E-state index in [0.29, 0.717) is 17.1 Å². The van der Waals surface area contributed by atoms with Gasteiger partial charge in [0.15, 0.2) is 0 Å². The number of fused-ring (bicyclic) bond motifs is 1. The Morgan fingerprint density at radius 1 is 1.00 bits per heavy atom. The number of benzene rings is 3. The Balaban J connectivity index is 1.37. The van der Waals surface area contributed by atoms with Crippen LogP contribution in [0.4, 0.5) is 5.69 Å². The molecule has 9 nitrogen and oxygen atoms in total. The number of anilines is 1. The summed E-state index contributed by atoms with van der Waals surface area (Å²) in [6, 6.07) is 18.2. The third kappa shape index (κ3) is 5.73. The largest absolute Gasteiger partial charge is 0.478 e. The van der Waals surface area contributed by atoms with Gasteiger partial charge in [-0.05, 0) is 53.4 Å². The molecular weight excluding hydrogens is 496 g/mol. The van der Waals surface area contributed by atoms with Gasteiger partial charge in [0, 0.05) is 29.4 Å². The van der Waals surface area contributed by atoms with E-state index < -0.39 is 28.1 Å². The van der Waals surface area contributed by atoms with Gasteiger partial charge < -0.3 is 20.3 Å². The highest BCUT2D eigenvalue weighted by atomic mass is 35.5. The first-order valence-electron chi connectivity index (χ1n) is 10.5. The normalized spacial score (nSPS) is 14.9. The second-order valence-corrected chi connectivity index (χ2v) is 10.1. The fourth-order valence-corrected chi connectivity index (χ4v) is 4.91. The van der Waals surface area contributed by atoms with Crippen molar-refractivity contribution < 1.29 is 33.0 Å². The second kappa shape index (κ2) is 9.95. The average molecular weight is 517 g/mol. The fraction of sp³-hybridized carbons (Fsp3) is 0.167. The molecule has 1 aliphatic rings. The number of nitrogens with one attached hydrogen (secondary N) is 2. The first kappa shape index (κ1) is 24.5. The molecule has 0 aliphatic carbocycles. The van der Waals surface area contributed by atoms with E-state index in [1.165, 1.54) is 24.3 Å². The Hall–Kier alpha value is -3.60. The highest BCUT2D eigenvalue weighted by molar-refractivity contribution is 7.89. The number of hydrogen-bond acceptors (Lipinski definition) is 6. The molecule has 0 bridgehead atoms. The van der Waals surface area contributed by atoms with E-state index in [0.717, 1.165) is 16.7 Å². The maximum absolute atomic E-state index is 12.8. The number of hydrogen-bond donors (Lipinski definition) is 4. The molecule has 3 aromatic carbocycles. The van der Waals surface area contributed by atoms with Crippen LogP contribution in [0.1, 0.15) is 5.56 Å². The molecule has 0 spiro atoms. The minimum absolute atomic E-state index is 0.0769. The van der Waals surface area contributed by atoms with Crippen LogP contribution in [-0.4, -0.2) is 49.3 Å². The zero-order valence-corrected chi connectivity index (χ0v) is 19.7. The molecule has 4 rings (SSSR count). The monoisotopic (exact) mass is 516 g/mol. The molecule has 1 aliphatic heterocycles. The van der Waals surface area contributed by atoms with Crippen molar-refractivity contribution in [3.05, 3.63) is 77.3 Å². The maximum Gasteiger partial charge on any atom is 0.356 e. The molecule has 1 atom stereocenters. The summed E-state index contributed by atoms with van der Waals surface area (Å²) in [6.45, 7) is 0.110. The van der Waals surface area contributed by atoms with Gasteiger partial charge >= 0.3 is 11.9 Å². The minimum Gasteiger partial charge on any atom is -0.478 e. The van der Waals surface area contributed by atoms with Crippen molar-refractivity contribution in [1.29, 1.82) is 0 Å². The molecule has 0 saturated heterocycles. The molecule has 3 aromatic rings. The lowest BCUT2D eigenvalue weighted by molar-refractivity contribution is -0.159. The van der Waals surface area contributed by atoms with Crippen LogP contribution in [0.3, 0.4) is 0 Å². The number of aliphatic carboxylic acids is 2. The summed E-state index contributed by atoms with van der Waals surface area (Å²) in [5.74, 6) is -3.15. The fourth-order valence-electron chi connectivity index (χ4n) is 3.71. The molecule has 1 heterocycles. The van der Waals surface area contributed by atoms with Crippen LogP contribution < -0.4 is 14.8 Å². The van der Waals surface area contributed by atoms with Gasteiger partial charge in [-0.3, -0.25) is 0 Å². The minimum atomic E-state index is -3.75. The van der Waals surface area contributed by atoms with Crippen molar-refractivity contribution in [3.8, 4) is 16.9 Å². The molecule has 0 saturated carbocycles. The number of carboxylic acid groups (broad SMARTS) is 2. The number of rotatable bonds is 9. The van der Waals surface area contributed by atoms with Crippen molar-refractivity contribution in [2.45, 2.75) is 23.5 Å². The van der Waals surface area contributed by atoms with E-state index in [4.69, 9.17) is 26.6 Å². The Kier molecular flexibility index (Phi) is 6.97. The van der Waals surface area contributed by atoms with Gasteiger partial charge in [-0.1, -0.05) is 41.9 Å². The second-order valence-electron chi connectivity index (χ2n) is 7.92. The van der Waals surface area contributed by atoms with Crippen LogP contribution in [0.2, 0.25) is 5.02 Å². The predicted molar refractivity (Wildman–Crippen MR) is 129 cm³/mol. The lowest BCUT2D eigenvalue weighted by Gasteiger charge is -2.14. The molecule has 1 unspecified atom stereocenters. The highest BCUT2D eigenvalue weighted by Crippen LogP contribution is 2.30. The van der Waals surface area contributed by atoms with Gasteiger partial charge in [0.05, 0.1) is 4.90 Å². The van der Waals surface area contributed by atoms with Crippen LogP contribution in [0.25, 0.3) is 11.1 Å². The summed E-state index contributed by atoms with van der Waals surface area (Å²) < 4.78 is 33.2. The van der Waals surface area contributed by atoms with Gasteiger partial charge in [0.25, 0.3) is 6.10 Å². The molecule has 0 radical (unpaired) electrons. The van der Waals surface area contributed by atoms with Crippen LogP contribution in [-0.2, 0) is 26.0 Å². The number of sulfonamides is 1.